The van der Waals surface area contributed by atoms with E-state index in [4.69, 9.17) is 11.5 Å². The van der Waals surface area contributed by atoms with Gasteiger partial charge in [0.25, 0.3) is 0 Å². The molecule has 5 aromatic carbocycles. The van der Waals surface area contributed by atoms with E-state index in [1.165, 1.54) is 32.3 Å². The minimum atomic E-state index is 0.812. The van der Waals surface area contributed by atoms with Crippen LogP contribution in [0.25, 0.3) is 43.4 Å². The maximum Gasteiger partial charge on any atom is 0.0474 e. The average molecular weight is 338 g/mol. The standard InChI is InChI=1S/C22H18N2Si/c23-19-10-5-13-3-9-17-21-14(4-8-16(19)20(13)21)11-18(22(17)24)12-1-6-15(25)7-2-12/h1-11H,23-24H2,25H3. The first kappa shape index (κ1) is 14.3. The van der Waals surface area contributed by atoms with Crippen molar-refractivity contribution in [2.24, 2.45) is 0 Å². The van der Waals surface area contributed by atoms with Gasteiger partial charge in [0.15, 0.2) is 0 Å². The van der Waals surface area contributed by atoms with Crippen LogP contribution >= 0.6 is 0 Å². The summed E-state index contributed by atoms with van der Waals surface area (Å²) in [6.45, 7) is 0. The van der Waals surface area contributed by atoms with E-state index >= 15 is 0 Å². The van der Waals surface area contributed by atoms with Crippen molar-refractivity contribution in [2.75, 3.05) is 11.5 Å². The molecule has 0 bridgehead atoms. The molecule has 0 unspecified atom stereocenters. The summed E-state index contributed by atoms with van der Waals surface area (Å²) >= 11 is 0. The Hall–Kier alpha value is -3.04. The molecule has 0 saturated heterocycles. The molecule has 25 heavy (non-hydrogen) atoms. The highest BCUT2D eigenvalue weighted by atomic mass is 28.1. The summed E-state index contributed by atoms with van der Waals surface area (Å²) in [5, 5.41) is 8.42. The van der Waals surface area contributed by atoms with Crippen LogP contribution < -0.4 is 16.7 Å². The van der Waals surface area contributed by atoms with E-state index in [1.807, 2.05) is 6.07 Å². The SMILES string of the molecule is Nc1ccc2ccc3c(N)c(-c4ccc([SiH3])cc4)cc4ccc1c2c43. The molecule has 0 aliphatic carbocycles. The number of hydrogen-bond acceptors (Lipinski definition) is 2. The Morgan fingerprint density at radius 1 is 0.640 bits per heavy atom. The number of benzene rings is 5. The van der Waals surface area contributed by atoms with Gasteiger partial charge in [-0.05, 0) is 39.2 Å². The molecule has 0 fully saturated rings. The Balaban J connectivity index is 1.95. The number of rotatable bonds is 1. The third kappa shape index (κ3) is 1.96. The van der Waals surface area contributed by atoms with Crippen molar-refractivity contribution in [1.29, 1.82) is 0 Å². The zero-order valence-corrected chi connectivity index (χ0v) is 16.0. The molecule has 0 aliphatic heterocycles. The van der Waals surface area contributed by atoms with Gasteiger partial charge in [-0.25, -0.2) is 0 Å². The fourth-order valence-electron chi connectivity index (χ4n) is 3.89. The smallest absolute Gasteiger partial charge is 0.0474 e. The van der Waals surface area contributed by atoms with E-state index in [0.29, 0.717) is 0 Å². The second-order valence-electron chi connectivity index (χ2n) is 6.78. The Bertz CT molecular complexity index is 1260. The number of nitrogen functional groups attached to an aromatic ring is 2. The zero-order valence-electron chi connectivity index (χ0n) is 14.0. The average Bonchev–Trinajstić information content (AvgIpc) is 2.63. The van der Waals surface area contributed by atoms with Gasteiger partial charge in [0, 0.05) is 38.0 Å². The highest BCUT2D eigenvalue weighted by molar-refractivity contribution is 6.32. The van der Waals surface area contributed by atoms with Gasteiger partial charge < -0.3 is 11.5 Å². The van der Waals surface area contributed by atoms with Crippen LogP contribution in [0.15, 0.2) is 66.7 Å². The van der Waals surface area contributed by atoms with E-state index in [2.05, 4.69) is 60.7 Å². The van der Waals surface area contributed by atoms with Gasteiger partial charge in [-0.15, -0.1) is 0 Å². The lowest BCUT2D eigenvalue weighted by molar-refractivity contribution is 1.67. The van der Waals surface area contributed by atoms with Crippen LogP contribution in [-0.2, 0) is 0 Å². The first-order valence-corrected chi connectivity index (χ1v) is 9.46. The predicted octanol–water partition coefficient (Wildman–Crippen LogP) is 3.41. The summed E-state index contributed by atoms with van der Waals surface area (Å²) in [7, 11) is 1.06. The monoisotopic (exact) mass is 338 g/mol. The molecule has 0 saturated carbocycles. The first-order valence-electron chi connectivity index (χ1n) is 8.46. The zero-order chi connectivity index (χ0) is 17.1. The van der Waals surface area contributed by atoms with Crippen LogP contribution in [0.1, 0.15) is 0 Å². The molecule has 2 nitrogen and oxygen atoms in total. The predicted molar refractivity (Wildman–Crippen MR) is 114 cm³/mol. The van der Waals surface area contributed by atoms with Gasteiger partial charge in [0.1, 0.15) is 0 Å². The topological polar surface area (TPSA) is 52.0 Å². The normalized spacial score (nSPS) is 11.8. The lowest BCUT2D eigenvalue weighted by Gasteiger charge is -2.16. The molecule has 120 valence electrons. The summed E-state index contributed by atoms with van der Waals surface area (Å²) < 4.78 is 0. The van der Waals surface area contributed by atoms with Crippen LogP contribution in [-0.4, -0.2) is 10.2 Å². The number of hydrogen-bond donors (Lipinski definition) is 2. The second kappa shape index (κ2) is 4.98. The molecule has 5 rings (SSSR count). The van der Waals surface area contributed by atoms with Crippen LogP contribution in [0.2, 0.25) is 0 Å². The second-order valence-corrected chi connectivity index (χ2v) is 7.94. The first-order chi connectivity index (χ1) is 12.1. The maximum atomic E-state index is 6.61. The van der Waals surface area contributed by atoms with Crippen molar-refractivity contribution in [2.45, 2.75) is 0 Å². The molecular formula is C22H18N2Si. The Kier molecular flexibility index (Phi) is 2.85. The lowest BCUT2D eigenvalue weighted by atomic mass is 9.89. The minimum absolute atomic E-state index is 0.812. The van der Waals surface area contributed by atoms with Crippen LogP contribution in [0.3, 0.4) is 0 Å². The summed E-state index contributed by atoms with van der Waals surface area (Å²) in [5.74, 6) is 0. The molecule has 0 spiro atoms. The minimum Gasteiger partial charge on any atom is -0.398 e. The van der Waals surface area contributed by atoms with Crippen molar-refractivity contribution in [3.8, 4) is 11.1 Å². The molecule has 4 N–H and O–H groups in total. The van der Waals surface area contributed by atoms with Crippen molar-refractivity contribution >= 4 is 59.1 Å². The fourth-order valence-corrected chi connectivity index (χ4v) is 4.23. The number of nitrogens with two attached hydrogens (primary N) is 2. The largest absolute Gasteiger partial charge is 0.398 e. The lowest BCUT2D eigenvalue weighted by Crippen LogP contribution is -2.00. The van der Waals surface area contributed by atoms with Gasteiger partial charge in [0.05, 0.1) is 0 Å². The quantitative estimate of drug-likeness (QED) is 0.280. The summed E-state index contributed by atoms with van der Waals surface area (Å²) in [6.07, 6.45) is 0. The van der Waals surface area contributed by atoms with Crippen LogP contribution in [0.5, 0.6) is 0 Å². The van der Waals surface area contributed by atoms with Crippen molar-refractivity contribution in [1.82, 2.24) is 0 Å². The van der Waals surface area contributed by atoms with Gasteiger partial charge in [-0.1, -0.05) is 59.8 Å². The number of anilines is 2. The van der Waals surface area contributed by atoms with E-state index < -0.39 is 0 Å². The van der Waals surface area contributed by atoms with E-state index in [-0.39, 0.29) is 0 Å². The maximum absolute atomic E-state index is 6.61. The van der Waals surface area contributed by atoms with E-state index in [1.54, 1.807) is 0 Å². The molecule has 0 heterocycles. The summed E-state index contributed by atoms with van der Waals surface area (Å²) in [4.78, 5) is 0. The van der Waals surface area contributed by atoms with E-state index in [9.17, 15) is 0 Å². The van der Waals surface area contributed by atoms with Crippen molar-refractivity contribution in [3.05, 3.63) is 66.7 Å². The third-order valence-electron chi connectivity index (χ3n) is 5.22. The molecule has 0 aliphatic rings. The highest BCUT2D eigenvalue weighted by Crippen LogP contribution is 2.42. The molecule has 0 atom stereocenters. The third-order valence-corrected chi connectivity index (χ3v) is 5.89. The van der Waals surface area contributed by atoms with Crippen molar-refractivity contribution in [3.63, 3.8) is 0 Å². The highest BCUT2D eigenvalue weighted by Gasteiger charge is 2.14. The van der Waals surface area contributed by atoms with Crippen molar-refractivity contribution < 1.29 is 0 Å². The Labute approximate surface area is 148 Å². The van der Waals surface area contributed by atoms with Gasteiger partial charge >= 0.3 is 0 Å². The Morgan fingerprint density at radius 3 is 2.08 bits per heavy atom. The van der Waals surface area contributed by atoms with Crippen LogP contribution in [0, 0.1) is 0 Å². The van der Waals surface area contributed by atoms with E-state index in [0.717, 1.165) is 38.0 Å². The van der Waals surface area contributed by atoms with Gasteiger partial charge in [-0.3, -0.25) is 0 Å². The Morgan fingerprint density at radius 2 is 1.28 bits per heavy atom. The fraction of sp³-hybridized carbons (Fsp3) is 0. The van der Waals surface area contributed by atoms with Gasteiger partial charge in [0.2, 0.25) is 0 Å². The van der Waals surface area contributed by atoms with Gasteiger partial charge in [-0.2, -0.15) is 0 Å². The van der Waals surface area contributed by atoms with Crippen LogP contribution in [0.4, 0.5) is 11.4 Å². The molecule has 0 amide bonds. The molecule has 0 radical (unpaired) electrons. The summed E-state index contributed by atoms with van der Waals surface area (Å²) in [6, 6.07) is 23.6. The summed E-state index contributed by atoms with van der Waals surface area (Å²) in [5.41, 5.74) is 16.7. The molecular weight excluding hydrogens is 320 g/mol. The molecule has 0 aromatic heterocycles. The molecule has 5 aromatic rings. The molecule has 3 heteroatoms.